The number of aliphatic hydroxyl groups excluding tert-OH is 1. The van der Waals surface area contributed by atoms with E-state index in [1.54, 1.807) is 11.3 Å². The molecule has 2 rings (SSSR count). The van der Waals surface area contributed by atoms with Gasteiger partial charge in [-0.25, -0.2) is 4.98 Å². The Morgan fingerprint density at radius 1 is 1.33 bits per heavy atom. The summed E-state index contributed by atoms with van der Waals surface area (Å²) in [6.07, 6.45) is 11.6. The minimum Gasteiger partial charge on any atom is -0.393 e. The van der Waals surface area contributed by atoms with Crippen molar-refractivity contribution in [2.24, 2.45) is 0 Å². The van der Waals surface area contributed by atoms with Crippen molar-refractivity contribution in [3.63, 3.8) is 0 Å². The van der Waals surface area contributed by atoms with Gasteiger partial charge in [0, 0.05) is 24.2 Å². The van der Waals surface area contributed by atoms with Crippen LogP contribution >= 0.6 is 11.3 Å². The number of imidazole rings is 1. The normalized spacial score (nSPS) is 13.2. The van der Waals surface area contributed by atoms with Gasteiger partial charge in [-0.15, -0.1) is 11.3 Å². The Morgan fingerprint density at radius 3 is 2.94 bits per heavy atom. The minimum absolute atomic E-state index is 0.240. The number of aliphatic hydroxyl groups is 1. The lowest BCUT2D eigenvalue weighted by molar-refractivity contribution is 0.160. The molecule has 0 fully saturated rings. The second-order valence-electron chi connectivity index (χ2n) is 4.89. The SMILES string of the molecule is CCCCCCCC(O)Cc1cn2ccsc2n1. The molecule has 0 aliphatic rings. The maximum atomic E-state index is 9.98. The zero-order chi connectivity index (χ0) is 12.8. The van der Waals surface area contributed by atoms with Crippen molar-refractivity contribution in [1.29, 1.82) is 0 Å². The lowest BCUT2D eigenvalue weighted by Gasteiger charge is -2.08. The molecule has 0 radical (unpaired) electrons. The van der Waals surface area contributed by atoms with Gasteiger partial charge in [0.05, 0.1) is 11.8 Å². The Balaban J connectivity index is 1.70. The van der Waals surface area contributed by atoms with Crippen LogP contribution in [0.2, 0.25) is 0 Å². The van der Waals surface area contributed by atoms with E-state index in [4.69, 9.17) is 0 Å². The third-order valence-electron chi connectivity index (χ3n) is 3.23. The van der Waals surface area contributed by atoms with Crippen LogP contribution in [-0.2, 0) is 6.42 Å². The number of fused-ring (bicyclic) bond motifs is 1. The number of thiazole rings is 1. The number of hydrogen-bond acceptors (Lipinski definition) is 3. The molecule has 0 aliphatic carbocycles. The summed E-state index contributed by atoms with van der Waals surface area (Å²) in [5, 5.41) is 12.0. The monoisotopic (exact) mass is 266 g/mol. The molecule has 0 aromatic carbocycles. The van der Waals surface area contributed by atoms with Crippen LogP contribution in [0.15, 0.2) is 17.8 Å². The van der Waals surface area contributed by atoms with Gasteiger partial charge in [-0.05, 0) is 6.42 Å². The summed E-state index contributed by atoms with van der Waals surface area (Å²) >= 11 is 1.63. The Hall–Kier alpha value is -0.870. The first-order chi connectivity index (χ1) is 8.79. The summed E-state index contributed by atoms with van der Waals surface area (Å²) < 4.78 is 2.02. The van der Waals surface area contributed by atoms with Gasteiger partial charge >= 0.3 is 0 Å². The highest BCUT2D eigenvalue weighted by molar-refractivity contribution is 7.15. The highest BCUT2D eigenvalue weighted by Gasteiger charge is 2.09. The third-order valence-corrected chi connectivity index (χ3v) is 4.00. The maximum Gasteiger partial charge on any atom is 0.193 e. The maximum absolute atomic E-state index is 9.98. The van der Waals surface area contributed by atoms with Crippen molar-refractivity contribution < 1.29 is 5.11 Å². The molecule has 0 amide bonds. The largest absolute Gasteiger partial charge is 0.393 e. The third kappa shape index (κ3) is 3.82. The fraction of sp³-hybridized carbons (Fsp3) is 0.643. The Bertz CT molecular complexity index is 435. The Morgan fingerprint density at radius 2 is 2.17 bits per heavy atom. The van der Waals surface area contributed by atoms with Crippen molar-refractivity contribution in [3.05, 3.63) is 23.5 Å². The topological polar surface area (TPSA) is 37.5 Å². The van der Waals surface area contributed by atoms with Crippen LogP contribution in [0.5, 0.6) is 0 Å². The van der Waals surface area contributed by atoms with Gasteiger partial charge in [0.2, 0.25) is 0 Å². The van der Waals surface area contributed by atoms with E-state index in [-0.39, 0.29) is 6.10 Å². The summed E-state index contributed by atoms with van der Waals surface area (Å²) in [5.74, 6) is 0. The zero-order valence-corrected chi connectivity index (χ0v) is 11.8. The fourth-order valence-corrected chi connectivity index (χ4v) is 2.92. The Labute approximate surface area is 112 Å². The van der Waals surface area contributed by atoms with Crippen LogP contribution in [0, 0.1) is 0 Å². The molecule has 1 N–H and O–H groups in total. The first-order valence-corrected chi connectivity index (χ1v) is 7.76. The molecular weight excluding hydrogens is 244 g/mol. The number of aromatic nitrogens is 2. The zero-order valence-electron chi connectivity index (χ0n) is 11.0. The van der Waals surface area contributed by atoms with Gasteiger partial charge in [0.25, 0.3) is 0 Å². The van der Waals surface area contributed by atoms with Crippen LogP contribution in [0.25, 0.3) is 4.96 Å². The van der Waals surface area contributed by atoms with E-state index in [1.165, 1.54) is 25.7 Å². The van der Waals surface area contributed by atoms with Crippen molar-refractivity contribution in [2.75, 3.05) is 0 Å². The lowest BCUT2D eigenvalue weighted by atomic mass is 10.1. The standard InChI is InChI=1S/C14H22N2OS/c1-2-3-4-5-6-7-13(17)10-12-11-16-8-9-18-14(16)15-12/h8-9,11,13,17H,2-7,10H2,1H3. The van der Waals surface area contributed by atoms with Gasteiger partial charge in [-0.2, -0.15) is 0 Å². The molecule has 1 atom stereocenters. The molecule has 0 saturated carbocycles. The molecule has 100 valence electrons. The molecule has 4 heteroatoms. The van der Waals surface area contributed by atoms with E-state index in [0.29, 0.717) is 6.42 Å². The highest BCUT2D eigenvalue weighted by atomic mass is 32.1. The van der Waals surface area contributed by atoms with E-state index in [1.807, 2.05) is 22.2 Å². The number of nitrogens with zero attached hydrogens (tertiary/aromatic N) is 2. The van der Waals surface area contributed by atoms with E-state index in [9.17, 15) is 5.11 Å². The molecule has 3 nitrogen and oxygen atoms in total. The number of unbranched alkanes of at least 4 members (excludes halogenated alkanes) is 4. The number of rotatable bonds is 8. The molecule has 0 saturated heterocycles. The average Bonchev–Trinajstić information content (AvgIpc) is 2.89. The van der Waals surface area contributed by atoms with Crippen LogP contribution in [0.4, 0.5) is 0 Å². The molecule has 0 bridgehead atoms. The summed E-state index contributed by atoms with van der Waals surface area (Å²) in [5.41, 5.74) is 1.00. The quantitative estimate of drug-likeness (QED) is 0.740. The van der Waals surface area contributed by atoms with Crippen molar-refractivity contribution in [2.45, 2.75) is 58.0 Å². The van der Waals surface area contributed by atoms with E-state index in [0.717, 1.165) is 23.5 Å². The van der Waals surface area contributed by atoms with Crippen molar-refractivity contribution in [3.8, 4) is 0 Å². The molecule has 1 unspecified atom stereocenters. The van der Waals surface area contributed by atoms with Gasteiger partial charge in [0.1, 0.15) is 0 Å². The van der Waals surface area contributed by atoms with Gasteiger partial charge in [-0.1, -0.05) is 39.0 Å². The lowest BCUT2D eigenvalue weighted by Crippen LogP contribution is -2.10. The molecule has 0 spiro atoms. The van der Waals surface area contributed by atoms with Gasteiger partial charge in [0.15, 0.2) is 4.96 Å². The fourth-order valence-electron chi connectivity index (χ4n) is 2.20. The number of hydrogen-bond donors (Lipinski definition) is 1. The molecule has 18 heavy (non-hydrogen) atoms. The summed E-state index contributed by atoms with van der Waals surface area (Å²) in [6.45, 7) is 2.22. The van der Waals surface area contributed by atoms with Crippen LogP contribution < -0.4 is 0 Å². The van der Waals surface area contributed by atoms with Gasteiger partial charge in [-0.3, -0.25) is 4.40 Å². The molecule has 2 aromatic rings. The molecular formula is C14H22N2OS. The van der Waals surface area contributed by atoms with Gasteiger partial charge < -0.3 is 5.11 Å². The smallest absolute Gasteiger partial charge is 0.193 e. The van der Waals surface area contributed by atoms with E-state index >= 15 is 0 Å². The predicted molar refractivity (Wildman–Crippen MR) is 76.2 cm³/mol. The Kier molecular flexibility index (Phi) is 5.20. The van der Waals surface area contributed by atoms with E-state index < -0.39 is 0 Å². The summed E-state index contributed by atoms with van der Waals surface area (Å²) in [6, 6.07) is 0. The average molecular weight is 266 g/mol. The van der Waals surface area contributed by atoms with Crippen LogP contribution in [0.1, 0.15) is 51.1 Å². The van der Waals surface area contributed by atoms with Crippen LogP contribution in [0.3, 0.4) is 0 Å². The van der Waals surface area contributed by atoms with Crippen molar-refractivity contribution >= 4 is 16.3 Å². The first-order valence-electron chi connectivity index (χ1n) is 6.88. The molecule has 2 aromatic heterocycles. The predicted octanol–water partition coefficient (Wildman–Crippen LogP) is 3.66. The minimum atomic E-state index is -0.240. The van der Waals surface area contributed by atoms with Crippen LogP contribution in [-0.4, -0.2) is 20.6 Å². The molecule has 0 aliphatic heterocycles. The first kappa shape index (κ1) is 13.6. The summed E-state index contributed by atoms with van der Waals surface area (Å²) in [4.78, 5) is 5.51. The molecule has 2 heterocycles. The second-order valence-corrected chi connectivity index (χ2v) is 5.76. The summed E-state index contributed by atoms with van der Waals surface area (Å²) in [7, 11) is 0. The van der Waals surface area contributed by atoms with E-state index in [2.05, 4.69) is 11.9 Å². The second kappa shape index (κ2) is 6.90. The van der Waals surface area contributed by atoms with Crippen molar-refractivity contribution in [1.82, 2.24) is 9.38 Å². The highest BCUT2D eigenvalue weighted by Crippen LogP contribution is 2.14.